The zero-order valence-electron chi connectivity index (χ0n) is 16.8. The van der Waals surface area contributed by atoms with Crippen molar-refractivity contribution in [1.29, 1.82) is 0 Å². The van der Waals surface area contributed by atoms with E-state index in [0.717, 1.165) is 25.9 Å². The Bertz CT molecular complexity index is 613. The third-order valence-electron chi connectivity index (χ3n) is 6.93. The minimum atomic E-state index is 0.202. The van der Waals surface area contributed by atoms with Crippen LogP contribution in [0.5, 0.6) is 0 Å². The number of hydrogen-bond acceptors (Lipinski definition) is 3. The highest BCUT2D eigenvalue weighted by Crippen LogP contribution is 2.29. The lowest BCUT2D eigenvalue weighted by atomic mass is 9.92. The maximum absolute atomic E-state index is 12.4. The lowest BCUT2D eigenvalue weighted by Crippen LogP contribution is -2.52. The molecule has 2 saturated heterocycles. The van der Waals surface area contributed by atoms with Crippen LogP contribution in [0.1, 0.15) is 50.2 Å². The van der Waals surface area contributed by atoms with Gasteiger partial charge in [-0.3, -0.25) is 14.6 Å². The van der Waals surface area contributed by atoms with Gasteiger partial charge in [0.05, 0.1) is 5.92 Å². The van der Waals surface area contributed by atoms with E-state index in [9.17, 15) is 4.79 Å². The van der Waals surface area contributed by atoms with E-state index in [2.05, 4.69) is 46.3 Å². The highest BCUT2D eigenvalue weighted by Gasteiger charge is 2.34. The summed E-state index contributed by atoms with van der Waals surface area (Å²) in [7, 11) is 0. The fraction of sp³-hybridized carbons (Fsp3) is 0.696. The SMILES string of the molecule is CCCNC(=O)C1CCCN(C2CCN(C3Cc4ccccc4C3)CC2)C1. The van der Waals surface area contributed by atoms with Crippen LogP contribution in [0.2, 0.25) is 0 Å². The number of fused-ring (bicyclic) bond motifs is 1. The highest BCUT2D eigenvalue weighted by atomic mass is 16.1. The number of nitrogens with zero attached hydrogens (tertiary/aromatic N) is 2. The molecule has 1 aromatic rings. The van der Waals surface area contributed by atoms with Crippen LogP contribution in [0.3, 0.4) is 0 Å². The van der Waals surface area contributed by atoms with Crippen molar-refractivity contribution in [3.63, 3.8) is 0 Å². The van der Waals surface area contributed by atoms with E-state index in [1.54, 1.807) is 11.1 Å². The molecule has 2 heterocycles. The number of carbonyl (C=O) groups excluding carboxylic acids is 1. The van der Waals surface area contributed by atoms with E-state index >= 15 is 0 Å². The first-order chi connectivity index (χ1) is 13.2. The van der Waals surface area contributed by atoms with Gasteiger partial charge in [0.25, 0.3) is 0 Å². The largest absolute Gasteiger partial charge is 0.356 e. The van der Waals surface area contributed by atoms with Crippen LogP contribution in [0, 0.1) is 5.92 Å². The fourth-order valence-corrected chi connectivity index (χ4v) is 5.35. The van der Waals surface area contributed by atoms with Crippen LogP contribution < -0.4 is 5.32 Å². The Kier molecular flexibility index (Phi) is 6.14. The molecule has 1 aromatic carbocycles. The van der Waals surface area contributed by atoms with Gasteiger partial charge in [0, 0.05) is 25.2 Å². The zero-order chi connectivity index (χ0) is 18.6. The average Bonchev–Trinajstić information content (AvgIpc) is 3.16. The van der Waals surface area contributed by atoms with E-state index < -0.39 is 0 Å². The molecule has 1 unspecified atom stereocenters. The minimum absolute atomic E-state index is 0.202. The summed E-state index contributed by atoms with van der Waals surface area (Å²) in [4.78, 5) is 17.7. The first-order valence-corrected chi connectivity index (χ1v) is 11.1. The number of carbonyl (C=O) groups is 1. The van der Waals surface area contributed by atoms with Gasteiger partial charge in [-0.1, -0.05) is 31.2 Å². The first-order valence-electron chi connectivity index (χ1n) is 11.1. The summed E-state index contributed by atoms with van der Waals surface area (Å²) in [6.07, 6.45) is 8.22. The highest BCUT2D eigenvalue weighted by molar-refractivity contribution is 5.78. The number of hydrogen-bond donors (Lipinski definition) is 1. The van der Waals surface area contributed by atoms with Gasteiger partial charge >= 0.3 is 0 Å². The summed E-state index contributed by atoms with van der Waals surface area (Å²) in [5.74, 6) is 0.482. The molecule has 1 N–H and O–H groups in total. The molecule has 0 bridgehead atoms. The topological polar surface area (TPSA) is 35.6 Å². The summed E-state index contributed by atoms with van der Waals surface area (Å²) in [5.41, 5.74) is 3.11. The quantitative estimate of drug-likeness (QED) is 0.867. The molecule has 0 saturated carbocycles. The number of nitrogens with one attached hydrogen (secondary N) is 1. The molecule has 0 aromatic heterocycles. The number of likely N-dealkylation sites (tertiary alicyclic amines) is 2. The average molecular weight is 370 g/mol. The molecule has 1 amide bonds. The second-order valence-electron chi connectivity index (χ2n) is 8.72. The summed E-state index contributed by atoms with van der Waals surface area (Å²) < 4.78 is 0. The van der Waals surface area contributed by atoms with Crippen molar-refractivity contribution in [2.75, 3.05) is 32.7 Å². The Hall–Kier alpha value is -1.39. The van der Waals surface area contributed by atoms with Gasteiger partial charge in [0.15, 0.2) is 0 Å². The van der Waals surface area contributed by atoms with Crippen LogP contribution in [-0.4, -0.2) is 60.5 Å². The molecule has 27 heavy (non-hydrogen) atoms. The molecule has 1 atom stereocenters. The van der Waals surface area contributed by atoms with E-state index in [-0.39, 0.29) is 11.8 Å². The summed E-state index contributed by atoms with van der Waals surface area (Å²) >= 11 is 0. The third kappa shape index (κ3) is 4.38. The van der Waals surface area contributed by atoms with Gasteiger partial charge in [-0.25, -0.2) is 0 Å². The second kappa shape index (κ2) is 8.74. The molecule has 3 aliphatic rings. The summed E-state index contributed by atoms with van der Waals surface area (Å²) in [6, 6.07) is 10.3. The molecule has 0 spiro atoms. The Morgan fingerprint density at radius 2 is 1.70 bits per heavy atom. The molecule has 4 heteroatoms. The van der Waals surface area contributed by atoms with Gasteiger partial charge in [-0.15, -0.1) is 0 Å². The molecule has 0 radical (unpaired) electrons. The first kappa shape index (κ1) is 18.9. The van der Waals surface area contributed by atoms with Crippen molar-refractivity contribution in [2.24, 2.45) is 5.92 Å². The Labute approximate surface area is 164 Å². The molecular weight excluding hydrogens is 334 g/mol. The van der Waals surface area contributed by atoms with E-state index in [0.29, 0.717) is 12.1 Å². The van der Waals surface area contributed by atoms with E-state index in [1.165, 1.54) is 51.7 Å². The standard InChI is InChI=1S/C23H35N3O/c1-2-11-24-23(27)20-8-5-12-26(17-20)21-9-13-25(14-10-21)22-15-18-6-3-4-7-19(18)16-22/h3-4,6-7,20-22H,2,5,8-17H2,1H3,(H,24,27). The van der Waals surface area contributed by atoms with Crippen molar-refractivity contribution < 1.29 is 4.79 Å². The van der Waals surface area contributed by atoms with Gasteiger partial charge in [0.1, 0.15) is 0 Å². The van der Waals surface area contributed by atoms with Crippen molar-refractivity contribution in [1.82, 2.24) is 15.1 Å². The smallest absolute Gasteiger partial charge is 0.224 e. The monoisotopic (exact) mass is 369 g/mol. The maximum atomic E-state index is 12.4. The van der Waals surface area contributed by atoms with Crippen LogP contribution in [0.25, 0.3) is 0 Å². The van der Waals surface area contributed by atoms with Crippen molar-refractivity contribution in [2.45, 2.75) is 64.0 Å². The normalized spacial score (nSPS) is 25.4. The van der Waals surface area contributed by atoms with Crippen LogP contribution in [0.15, 0.2) is 24.3 Å². The van der Waals surface area contributed by atoms with Gasteiger partial charge in [-0.2, -0.15) is 0 Å². The third-order valence-corrected chi connectivity index (χ3v) is 6.93. The molecule has 4 rings (SSSR count). The van der Waals surface area contributed by atoms with Gasteiger partial charge in [-0.05, 0) is 75.7 Å². The molecule has 1 aliphatic carbocycles. The molecule has 2 fully saturated rings. The molecule has 2 aliphatic heterocycles. The molecular formula is C23H35N3O. The predicted molar refractivity (Wildman–Crippen MR) is 110 cm³/mol. The zero-order valence-corrected chi connectivity index (χ0v) is 16.8. The second-order valence-corrected chi connectivity index (χ2v) is 8.72. The summed E-state index contributed by atoms with van der Waals surface area (Å²) in [5, 5.41) is 3.10. The van der Waals surface area contributed by atoms with Crippen molar-refractivity contribution in [3.05, 3.63) is 35.4 Å². The van der Waals surface area contributed by atoms with Crippen LogP contribution >= 0.6 is 0 Å². The maximum Gasteiger partial charge on any atom is 0.224 e. The summed E-state index contributed by atoms with van der Waals surface area (Å²) in [6.45, 7) is 7.51. The van der Waals surface area contributed by atoms with E-state index in [4.69, 9.17) is 0 Å². The van der Waals surface area contributed by atoms with Crippen LogP contribution in [-0.2, 0) is 17.6 Å². The predicted octanol–water partition coefficient (Wildman–Crippen LogP) is 2.86. The number of benzene rings is 1. The number of amides is 1. The Morgan fingerprint density at radius 1 is 1.00 bits per heavy atom. The van der Waals surface area contributed by atoms with Gasteiger partial charge < -0.3 is 5.32 Å². The minimum Gasteiger partial charge on any atom is -0.356 e. The van der Waals surface area contributed by atoms with E-state index in [1.807, 2.05) is 0 Å². The molecule has 4 nitrogen and oxygen atoms in total. The van der Waals surface area contributed by atoms with Crippen LogP contribution in [0.4, 0.5) is 0 Å². The number of rotatable bonds is 5. The Balaban J connectivity index is 1.26. The van der Waals surface area contributed by atoms with Gasteiger partial charge in [0.2, 0.25) is 5.91 Å². The van der Waals surface area contributed by atoms with Crippen molar-refractivity contribution in [3.8, 4) is 0 Å². The fourth-order valence-electron chi connectivity index (χ4n) is 5.35. The Morgan fingerprint density at radius 3 is 2.37 bits per heavy atom. The number of piperidine rings is 2. The molecule has 148 valence electrons. The lowest BCUT2D eigenvalue weighted by Gasteiger charge is -2.43. The van der Waals surface area contributed by atoms with Crippen molar-refractivity contribution >= 4 is 5.91 Å². The lowest BCUT2D eigenvalue weighted by molar-refractivity contribution is -0.127.